The summed E-state index contributed by atoms with van der Waals surface area (Å²) < 4.78 is 16.1. The fraction of sp³-hybridized carbons (Fsp3) is 0.455. The molecule has 5 atom stereocenters. The van der Waals surface area contributed by atoms with Crippen molar-refractivity contribution in [1.29, 1.82) is 0 Å². The van der Waals surface area contributed by atoms with Crippen molar-refractivity contribution in [2.45, 2.75) is 43.7 Å². The third-order valence-electron chi connectivity index (χ3n) is 6.23. The zero-order chi connectivity index (χ0) is 23.9. The Hall–Kier alpha value is -3.28. The number of rotatable bonds is 6. The van der Waals surface area contributed by atoms with E-state index in [1.54, 1.807) is 38.1 Å². The number of carbonyl (C=O) groups excluding carboxylic acids is 2. The fourth-order valence-electron chi connectivity index (χ4n) is 4.78. The average molecular weight is 460 g/mol. The highest BCUT2D eigenvalue weighted by Crippen LogP contribution is 2.44. The Balaban J connectivity index is 1.75. The van der Waals surface area contributed by atoms with Crippen LogP contribution in [0.1, 0.15) is 25.3 Å². The number of carbonyl (C=O) groups is 2. The number of methoxy groups -OCH3 is 1. The smallest absolute Gasteiger partial charge is 0.336 e. The number of esters is 1. The molecule has 0 bridgehead atoms. The monoisotopic (exact) mass is 460 g/mol. The van der Waals surface area contributed by atoms with Crippen LogP contribution in [-0.2, 0) is 28.6 Å². The predicted molar refractivity (Wildman–Crippen MR) is 111 cm³/mol. The zero-order valence-corrected chi connectivity index (χ0v) is 18.3. The first kappa shape index (κ1) is 22.9. The van der Waals surface area contributed by atoms with E-state index in [1.807, 2.05) is 6.07 Å². The lowest BCUT2D eigenvalue weighted by Crippen LogP contribution is -2.53. The number of hydrogen-bond acceptors (Lipinski definition) is 10. The van der Waals surface area contributed by atoms with Crippen LogP contribution >= 0.6 is 0 Å². The van der Waals surface area contributed by atoms with E-state index in [1.165, 1.54) is 7.11 Å². The van der Waals surface area contributed by atoms with Crippen molar-refractivity contribution in [2.75, 3.05) is 20.3 Å². The Kier molecular flexibility index (Phi) is 5.95. The number of allylic oxidation sites excluding steroid dienone is 2. The number of hydrogen-bond donors (Lipinski definition) is 2. The van der Waals surface area contributed by atoms with Crippen LogP contribution in [-0.4, -0.2) is 66.2 Å². The van der Waals surface area contributed by atoms with Gasteiger partial charge in [0.15, 0.2) is 17.5 Å². The van der Waals surface area contributed by atoms with Crippen molar-refractivity contribution in [2.24, 2.45) is 0 Å². The maximum Gasteiger partial charge on any atom is 0.336 e. The summed E-state index contributed by atoms with van der Waals surface area (Å²) in [5.74, 6) is -2.14. The van der Waals surface area contributed by atoms with Gasteiger partial charge in [0.1, 0.15) is 12.2 Å². The number of ether oxygens (including phenoxy) is 3. The van der Waals surface area contributed by atoms with Gasteiger partial charge in [-0.1, -0.05) is 30.3 Å². The van der Waals surface area contributed by atoms with Crippen LogP contribution < -0.4 is 5.32 Å². The van der Waals surface area contributed by atoms with Crippen LogP contribution in [0.3, 0.4) is 0 Å². The van der Waals surface area contributed by atoms with Crippen molar-refractivity contribution >= 4 is 11.8 Å². The van der Waals surface area contributed by atoms with Crippen molar-refractivity contribution in [1.82, 2.24) is 5.32 Å². The molecule has 3 heterocycles. The molecule has 3 aliphatic heterocycles. The molecule has 0 aliphatic carbocycles. The van der Waals surface area contributed by atoms with Gasteiger partial charge in [0.2, 0.25) is 0 Å². The molecule has 2 N–H and O–H groups in total. The van der Waals surface area contributed by atoms with Crippen molar-refractivity contribution in [3.63, 3.8) is 0 Å². The van der Waals surface area contributed by atoms with E-state index in [-0.39, 0.29) is 17.8 Å². The number of aliphatic hydroxyl groups is 1. The summed E-state index contributed by atoms with van der Waals surface area (Å²) in [6.07, 6.45) is -3.22. The molecule has 176 valence electrons. The van der Waals surface area contributed by atoms with Gasteiger partial charge in [-0.3, -0.25) is 4.79 Å². The van der Waals surface area contributed by atoms with E-state index >= 15 is 0 Å². The van der Waals surface area contributed by atoms with Gasteiger partial charge in [-0.25, -0.2) is 4.79 Å². The molecule has 1 aromatic carbocycles. The number of nitrogens with one attached hydrogen (secondary N) is 1. The first-order valence-corrected chi connectivity index (χ1v) is 10.3. The molecule has 2 saturated heterocycles. The van der Waals surface area contributed by atoms with Crippen LogP contribution in [0.15, 0.2) is 52.9 Å². The molecule has 0 amide bonds. The summed E-state index contributed by atoms with van der Waals surface area (Å²) in [7, 11) is 1.25. The van der Waals surface area contributed by atoms with Gasteiger partial charge in [0.25, 0.3) is 5.09 Å². The Morgan fingerprint density at radius 1 is 1.18 bits per heavy atom. The van der Waals surface area contributed by atoms with Crippen LogP contribution in [0.2, 0.25) is 0 Å². The van der Waals surface area contributed by atoms with Crippen LogP contribution in [0.5, 0.6) is 0 Å². The van der Waals surface area contributed by atoms with Crippen LogP contribution in [0.25, 0.3) is 0 Å². The second kappa shape index (κ2) is 8.58. The van der Waals surface area contributed by atoms with Crippen LogP contribution in [0, 0.1) is 10.1 Å². The molecular formula is C22H24N2O9. The number of ketones is 1. The molecule has 11 nitrogen and oxygen atoms in total. The second-order valence-corrected chi connectivity index (χ2v) is 8.19. The molecule has 0 spiro atoms. The van der Waals surface area contributed by atoms with E-state index in [9.17, 15) is 24.8 Å². The van der Waals surface area contributed by atoms with Crippen molar-refractivity contribution < 1.29 is 38.8 Å². The third-order valence-corrected chi connectivity index (χ3v) is 6.23. The highest BCUT2D eigenvalue weighted by Gasteiger charge is 2.62. The Labute approximate surface area is 189 Å². The summed E-state index contributed by atoms with van der Waals surface area (Å²) in [4.78, 5) is 42.0. The molecule has 0 saturated carbocycles. The van der Waals surface area contributed by atoms with Crippen molar-refractivity contribution in [3.8, 4) is 0 Å². The maximum atomic E-state index is 13.9. The minimum absolute atomic E-state index is 0.154. The van der Waals surface area contributed by atoms with E-state index in [0.717, 1.165) is 0 Å². The zero-order valence-electron chi connectivity index (χ0n) is 18.3. The highest BCUT2D eigenvalue weighted by molar-refractivity contribution is 6.07. The molecule has 33 heavy (non-hydrogen) atoms. The first-order chi connectivity index (χ1) is 15.7. The molecule has 2 fully saturated rings. The molecule has 3 aliphatic rings. The minimum atomic E-state index is -2.13. The quantitative estimate of drug-likeness (QED) is 0.354. The Morgan fingerprint density at radius 3 is 2.48 bits per heavy atom. The van der Waals surface area contributed by atoms with Gasteiger partial charge in [-0.2, -0.15) is 0 Å². The Morgan fingerprint density at radius 2 is 1.85 bits per heavy atom. The second-order valence-electron chi connectivity index (χ2n) is 8.19. The van der Waals surface area contributed by atoms with E-state index < -0.39 is 53.3 Å². The lowest BCUT2D eigenvalue weighted by molar-refractivity contribution is -0.769. The van der Waals surface area contributed by atoms with Crippen molar-refractivity contribution in [3.05, 3.63) is 68.5 Å². The van der Waals surface area contributed by atoms with E-state index in [2.05, 4.69) is 10.2 Å². The van der Waals surface area contributed by atoms with Gasteiger partial charge in [0, 0.05) is 22.9 Å². The van der Waals surface area contributed by atoms with Gasteiger partial charge >= 0.3 is 5.97 Å². The lowest BCUT2D eigenvalue weighted by Gasteiger charge is -2.34. The molecule has 1 unspecified atom stereocenters. The van der Waals surface area contributed by atoms with Gasteiger partial charge in [-0.05, 0) is 19.4 Å². The molecule has 0 radical (unpaired) electrons. The standard InChI is InChI=1S/C22H24N2O9/c1-11-15(17(13-7-5-4-6-8-13)16(12(2)23-11)21(26)30-3)19(25)22(27)10-32-18-14(33-24(28)29)9-31-20(18)22/h4-8,14,17-18,20,23,27H,9-10H2,1-3H3/t14-,17?,18-,20+,22-/m1/s1. The molecule has 4 rings (SSSR count). The maximum absolute atomic E-state index is 13.9. The Bertz CT molecular complexity index is 1050. The first-order valence-electron chi connectivity index (χ1n) is 10.3. The fourth-order valence-corrected chi connectivity index (χ4v) is 4.78. The average Bonchev–Trinajstić information content (AvgIpc) is 3.34. The summed E-state index contributed by atoms with van der Waals surface area (Å²) in [6.45, 7) is 2.73. The molecule has 11 heteroatoms. The summed E-state index contributed by atoms with van der Waals surface area (Å²) in [5, 5.41) is 24.3. The number of benzene rings is 1. The summed E-state index contributed by atoms with van der Waals surface area (Å²) >= 11 is 0. The number of fused-ring (bicyclic) bond motifs is 1. The van der Waals surface area contributed by atoms with Gasteiger partial charge in [0.05, 0.1) is 25.9 Å². The van der Waals surface area contributed by atoms with E-state index in [4.69, 9.17) is 14.2 Å². The van der Waals surface area contributed by atoms with Crippen LogP contribution in [0.4, 0.5) is 0 Å². The third kappa shape index (κ3) is 3.77. The number of dihydropyridines is 1. The largest absolute Gasteiger partial charge is 0.466 e. The van der Waals surface area contributed by atoms with Gasteiger partial charge < -0.3 is 29.5 Å². The van der Waals surface area contributed by atoms with E-state index in [0.29, 0.717) is 17.0 Å². The molecule has 1 aromatic rings. The summed E-state index contributed by atoms with van der Waals surface area (Å²) in [6, 6.07) is 8.92. The summed E-state index contributed by atoms with van der Waals surface area (Å²) in [5.41, 5.74) is -0.111. The predicted octanol–water partition coefficient (Wildman–Crippen LogP) is 0.769. The highest BCUT2D eigenvalue weighted by atomic mass is 17.0. The number of nitrogens with zero attached hydrogens (tertiary/aromatic N) is 1. The number of Topliss-reactive ketones (excluding diaryl/α,β-unsaturated/α-hetero) is 1. The molecular weight excluding hydrogens is 436 g/mol. The molecule has 0 aromatic heterocycles. The topological polar surface area (TPSA) is 146 Å². The normalized spacial score (nSPS) is 31.2. The lowest BCUT2D eigenvalue weighted by atomic mass is 9.74. The minimum Gasteiger partial charge on any atom is -0.466 e. The SMILES string of the molecule is COC(=O)C1=C(C)NC(C)=C(C(=O)[C@]2(O)CO[C@@H]3[C@H](O[N+](=O)[O-])CO[C@@H]32)C1c1ccccc1. The van der Waals surface area contributed by atoms with Gasteiger partial charge in [-0.15, -0.1) is 10.1 Å².